The summed E-state index contributed by atoms with van der Waals surface area (Å²) in [7, 11) is 0. The van der Waals surface area contributed by atoms with Crippen molar-refractivity contribution in [3.05, 3.63) is 47.7 Å². The number of aromatic nitrogens is 1. The number of rotatable bonds is 4. The first-order valence-corrected chi connectivity index (χ1v) is 9.65. The van der Waals surface area contributed by atoms with Gasteiger partial charge in [0.2, 0.25) is 11.8 Å². The second kappa shape index (κ2) is 10.9. The summed E-state index contributed by atoms with van der Waals surface area (Å²) in [5.41, 5.74) is 4.12. The maximum atomic E-state index is 12.4. The fourth-order valence-electron chi connectivity index (χ4n) is 3.28. The van der Waals surface area contributed by atoms with E-state index in [0.29, 0.717) is 18.8 Å². The summed E-state index contributed by atoms with van der Waals surface area (Å²) in [5, 5.41) is 9.75. The van der Waals surface area contributed by atoms with E-state index in [1.807, 2.05) is 50.2 Å². The molecule has 154 valence electrons. The van der Waals surface area contributed by atoms with Gasteiger partial charge >= 0.3 is 0 Å². The Kier molecular flexibility index (Phi) is 8.33. The second-order valence-corrected chi connectivity index (χ2v) is 6.91. The number of carbonyl (C=O) groups is 3. The summed E-state index contributed by atoms with van der Waals surface area (Å²) in [6.45, 7) is 4.47. The van der Waals surface area contributed by atoms with Crippen LogP contribution in [-0.2, 0) is 14.4 Å². The van der Waals surface area contributed by atoms with Crippen LogP contribution in [0, 0.1) is 13.8 Å². The minimum Gasteiger partial charge on any atom is -0.483 e. The number of hydrogen-bond acceptors (Lipinski definition) is 4. The van der Waals surface area contributed by atoms with Gasteiger partial charge in [-0.05, 0) is 49.4 Å². The number of hydrogen-bond donors (Lipinski definition) is 2. The third-order valence-corrected chi connectivity index (χ3v) is 4.87. The molecule has 0 aliphatic carbocycles. The summed E-state index contributed by atoms with van der Waals surface area (Å²) in [5.74, 6) is 0.393. The van der Waals surface area contributed by atoms with Crippen LogP contribution in [0.1, 0.15) is 36.9 Å². The predicted molar refractivity (Wildman–Crippen MR) is 112 cm³/mol. The van der Waals surface area contributed by atoms with Crippen molar-refractivity contribution in [3.8, 4) is 11.1 Å². The van der Waals surface area contributed by atoms with Crippen molar-refractivity contribution >= 4 is 24.1 Å². The lowest BCUT2D eigenvalue weighted by Gasteiger charge is -2.20. The average molecular weight is 397 g/mol. The molecule has 2 aromatic rings. The molecule has 0 saturated carbocycles. The molecule has 1 saturated heterocycles. The standard InChI is InChI=1S/C21H25N3O2.CH2O2/c1-15-16(2)22-19(13-18(15)17-9-5-3-6-10-17)23-20(25)14-24-12-8-4-7-11-21(24)26;2-1-3/h3,5-6,9-10,13H,4,7-8,11-12,14H2,1-2H3,(H,22,23,25);1H,(H,2,3). The Balaban J connectivity index is 0.000000941. The highest BCUT2D eigenvalue weighted by Gasteiger charge is 2.19. The molecule has 3 rings (SSSR count). The monoisotopic (exact) mass is 397 g/mol. The van der Waals surface area contributed by atoms with Gasteiger partial charge < -0.3 is 15.3 Å². The van der Waals surface area contributed by atoms with Crippen LogP contribution in [0.5, 0.6) is 0 Å². The van der Waals surface area contributed by atoms with Crippen molar-refractivity contribution in [1.29, 1.82) is 0 Å². The molecule has 1 aromatic heterocycles. The van der Waals surface area contributed by atoms with E-state index in [-0.39, 0.29) is 24.8 Å². The summed E-state index contributed by atoms with van der Waals surface area (Å²) in [6.07, 6.45) is 3.45. The van der Waals surface area contributed by atoms with Crippen molar-refractivity contribution in [2.24, 2.45) is 0 Å². The predicted octanol–water partition coefficient (Wildman–Crippen LogP) is 3.41. The molecule has 1 fully saturated rings. The fraction of sp³-hybridized carbons (Fsp3) is 0.364. The topological polar surface area (TPSA) is 99.6 Å². The molecule has 1 aromatic carbocycles. The van der Waals surface area contributed by atoms with Gasteiger partial charge in [-0.25, -0.2) is 4.98 Å². The number of benzene rings is 1. The zero-order valence-corrected chi connectivity index (χ0v) is 16.9. The lowest BCUT2D eigenvalue weighted by atomic mass is 10.0. The third kappa shape index (κ3) is 6.41. The molecule has 0 radical (unpaired) electrons. The molecule has 7 heteroatoms. The summed E-state index contributed by atoms with van der Waals surface area (Å²) < 4.78 is 0. The molecule has 2 N–H and O–H groups in total. The molecule has 2 heterocycles. The number of carboxylic acid groups (broad SMARTS) is 1. The molecule has 29 heavy (non-hydrogen) atoms. The molecule has 1 aliphatic heterocycles. The van der Waals surface area contributed by atoms with E-state index in [4.69, 9.17) is 9.90 Å². The third-order valence-electron chi connectivity index (χ3n) is 4.87. The van der Waals surface area contributed by atoms with Crippen LogP contribution in [0.25, 0.3) is 11.1 Å². The number of likely N-dealkylation sites (tertiary alicyclic amines) is 1. The average Bonchev–Trinajstić information content (AvgIpc) is 2.90. The minimum absolute atomic E-state index is 0.0654. The molecular formula is C22H27N3O4. The van der Waals surface area contributed by atoms with Gasteiger partial charge in [0.05, 0.1) is 6.54 Å². The molecule has 7 nitrogen and oxygen atoms in total. The van der Waals surface area contributed by atoms with E-state index >= 15 is 0 Å². The number of nitrogens with zero attached hydrogens (tertiary/aromatic N) is 2. The SMILES string of the molecule is Cc1nc(NC(=O)CN2CCCCCC2=O)cc(-c2ccccc2)c1C.O=CO. The van der Waals surface area contributed by atoms with Crippen molar-refractivity contribution in [2.45, 2.75) is 39.5 Å². The van der Waals surface area contributed by atoms with Crippen molar-refractivity contribution < 1.29 is 19.5 Å². The van der Waals surface area contributed by atoms with Gasteiger partial charge in [-0.3, -0.25) is 14.4 Å². The van der Waals surface area contributed by atoms with E-state index in [0.717, 1.165) is 41.6 Å². The highest BCUT2D eigenvalue weighted by molar-refractivity contribution is 5.94. The molecule has 0 unspecified atom stereocenters. The summed E-state index contributed by atoms with van der Waals surface area (Å²) >= 11 is 0. The van der Waals surface area contributed by atoms with Crippen molar-refractivity contribution in [3.63, 3.8) is 0 Å². The van der Waals surface area contributed by atoms with Crippen LogP contribution >= 0.6 is 0 Å². The zero-order chi connectivity index (χ0) is 21.2. The number of amides is 2. The molecule has 1 aliphatic rings. The van der Waals surface area contributed by atoms with Crippen LogP contribution in [0.2, 0.25) is 0 Å². The van der Waals surface area contributed by atoms with Gasteiger partial charge in [0.1, 0.15) is 5.82 Å². The van der Waals surface area contributed by atoms with Gasteiger partial charge in [0, 0.05) is 18.7 Å². The number of nitrogens with one attached hydrogen (secondary N) is 1. The summed E-state index contributed by atoms with van der Waals surface area (Å²) in [4.78, 5) is 39.0. The van der Waals surface area contributed by atoms with Crippen molar-refractivity contribution in [1.82, 2.24) is 9.88 Å². The smallest absolute Gasteiger partial charge is 0.290 e. The molecule has 2 amide bonds. The maximum Gasteiger partial charge on any atom is 0.290 e. The first-order chi connectivity index (χ1) is 14.0. The van der Waals surface area contributed by atoms with E-state index in [2.05, 4.69) is 10.3 Å². The Morgan fingerprint density at radius 2 is 1.90 bits per heavy atom. The Morgan fingerprint density at radius 1 is 1.21 bits per heavy atom. The Labute approximate surface area is 170 Å². The number of carbonyl (C=O) groups excluding carboxylic acids is 2. The van der Waals surface area contributed by atoms with Crippen LogP contribution in [0.15, 0.2) is 36.4 Å². The number of anilines is 1. The quantitative estimate of drug-likeness (QED) is 0.770. The molecule has 0 atom stereocenters. The van der Waals surface area contributed by atoms with E-state index < -0.39 is 0 Å². The largest absolute Gasteiger partial charge is 0.483 e. The lowest BCUT2D eigenvalue weighted by molar-refractivity contribution is -0.134. The first kappa shape index (κ1) is 22.1. The van der Waals surface area contributed by atoms with Gasteiger partial charge in [0.25, 0.3) is 6.47 Å². The zero-order valence-electron chi connectivity index (χ0n) is 16.9. The highest BCUT2D eigenvalue weighted by Crippen LogP contribution is 2.27. The first-order valence-electron chi connectivity index (χ1n) is 9.65. The van der Waals surface area contributed by atoms with Crippen LogP contribution < -0.4 is 5.32 Å². The van der Waals surface area contributed by atoms with Gasteiger partial charge in [0.15, 0.2) is 0 Å². The van der Waals surface area contributed by atoms with Gasteiger partial charge in [-0.2, -0.15) is 0 Å². The Bertz CT molecular complexity index is 853. The van der Waals surface area contributed by atoms with Gasteiger partial charge in [-0.15, -0.1) is 0 Å². The van der Waals surface area contributed by atoms with E-state index in [1.54, 1.807) is 4.90 Å². The minimum atomic E-state index is -0.250. The highest BCUT2D eigenvalue weighted by atomic mass is 16.3. The van der Waals surface area contributed by atoms with E-state index in [9.17, 15) is 9.59 Å². The fourth-order valence-corrected chi connectivity index (χ4v) is 3.28. The summed E-state index contributed by atoms with van der Waals surface area (Å²) in [6, 6.07) is 12.0. The Morgan fingerprint density at radius 3 is 2.59 bits per heavy atom. The van der Waals surface area contributed by atoms with Crippen LogP contribution in [0.4, 0.5) is 5.82 Å². The molecular weight excluding hydrogens is 370 g/mol. The second-order valence-electron chi connectivity index (χ2n) is 6.91. The molecule has 0 bridgehead atoms. The maximum absolute atomic E-state index is 12.4. The van der Waals surface area contributed by atoms with E-state index in [1.165, 1.54) is 0 Å². The normalized spacial score (nSPS) is 13.7. The Hall–Kier alpha value is -3.22. The molecule has 0 spiro atoms. The van der Waals surface area contributed by atoms with Crippen LogP contribution in [0.3, 0.4) is 0 Å². The van der Waals surface area contributed by atoms with Gasteiger partial charge in [-0.1, -0.05) is 36.8 Å². The lowest BCUT2D eigenvalue weighted by Crippen LogP contribution is -2.37. The van der Waals surface area contributed by atoms with Crippen molar-refractivity contribution in [2.75, 3.05) is 18.4 Å². The van der Waals surface area contributed by atoms with Crippen LogP contribution in [-0.4, -0.2) is 46.4 Å². The number of pyridine rings is 1. The number of aryl methyl sites for hydroxylation is 1.